The zero-order valence-corrected chi connectivity index (χ0v) is 23.0. The molecule has 208 valence electrons. The number of pyridine rings is 1. The van der Waals surface area contributed by atoms with Crippen LogP contribution in [-0.4, -0.2) is 41.9 Å². The summed E-state index contributed by atoms with van der Waals surface area (Å²) < 4.78 is 12.5. The van der Waals surface area contributed by atoms with E-state index in [-0.39, 0.29) is 17.6 Å². The van der Waals surface area contributed by atoms with Gasteiger partial charge in [-0.15, -0.1) is 0 Å². The number of benzene rings is 2. The van der Waals surface area contributed by atoms with Crippen molar-refractivity contribution in [3.8, 4) is 22.9 Å². The minimum Gasteiger partial charge on any atom is -0.495 e. The van der Waals surface area contributed by atoms with E-state index in [1.165, 1.54) is 48.2 Å². The molecule has 0 radical (unpaired) electrons. The van der Waals surface area contributed by atoms with Crippen molar-refractivity contribution in [2.75, 3.05) is 19.5 Å². The van der Waals surface area contributed by atoms with Gasteiger partial charge in [0.2, 0.25) is 5.91 Å². The topological polar surface area (TPSA) is 131 Å². The van der Waals surface area contributed by atoms with Gasteiger partial charge in [-0.25, -0.2) is 4.79 Å². The quantitative estimate of drug-likeness (QED) is 0.350. The molecule has 0 spiro atoms. The fourth-order valence-electron chi connectivity index (χ4n) is 5.17. The molecular weight excluding hydrogens is 534 g/mol. The van der Waals surface area contributed by atoms with Gasteiger partial charge >= 0.3 is 5.97 Å². The zero-order valence-electron chi connectivity index (χ0n) is 22.2. The van der Waals surface area contributed by atoms with Crippen molar-refractivity contribution in [3.05, 3.63) is 81.2 Å². The minimum absolute atomic E-state index is 0.0961. The molecular formula is C30H30ClN3O6. The number of carboxylic acids is 1. The average Bonchev–Trinajstić information content (AvgIpc) is 2.96. The number of nitrogens with one attached hydrogen (secondary N) is 1. The molecule has 1 aliphatic carbocycles. The summed E-state index contributed by atoms with van der Waals surface area (Å²) in [5.74, 6) is -0.980. The maximum Gasteiger partial charge on any atom is 0.335 e. The van der Waals surface area contributed by atoms with Gasteiger partial charge in [0.1, 0.15) is 11.8 Å². The maximum absolute atomic E-state index is 13.7. The molecule has 1 amide bonds. The van der Waals surface area contributed by atoms with Crippen molar-refractivity contribution >= 4 is 29.2 Å². The molecule has 1 aliphatic rings. The third kappa shape index (κ3) is 6.53. The SMILES string of the molecule is COc1cn([C@@H](CC2CCC(OC)CC2)C(=O)Nc2ccc(C(=O)O)cc2)c(=O)cc1-c1cc(Cl)ccc1C#N. The van der Waals surface area contributed by atoms with Crippen LogP contribution in [0.1, 0.15) is 54.1 Å². The van der Waals surface area contributed by atoms with E-state index >= 15 is 0 Å². The van der Waals surface area contributed by atoms with Gasteiger partial charge in [0.25, 0.3) is 5.56 Å². The molecule has 0 aliphatic heterocycles. The van der Waals surface area contributed by atoms with Crippen LogP contribution in [0.5, 0.6) is 5.75 Å². The molecule has 1 heterocycles. The Morgan fingerprint density at radius 3 is 2.40 bits per heavy atom. The standard InChI is InChI=1S/C30H30ClN3O6/c1-39-23-11-3-18(4-12-23)13-26(29(36)33-22-9-6-19(7-10-22)30(37)38)34-17-27(40-2)25(15-28(34)35)24-14-21(31)8-5-20(24)16-32/h5-10,14-15,17-18,23,26H,3-4,11-13H2,1-2H3,(H,33,36)(H,37,38)/t18?,23?,26-/m0/s1. The second-order valence-corrected chi connectivity index (χ2v) is 10.2. The van der Waals surface area contributed by atoms with Gasteiger partial charge in [-0.05, 0) is 80.5 Å². The zero-order chi connectivity index (χ0) is 28.8. The Labute approximate surface area is 236 Å². The summed E-state index contributed by atoms with van der Waals surface area (Å²) in [5, 5.41) is 22.0. The number of ether oxygens (including phenoxy) is 2. The number of carboxylic acid groups (broad SMARTS) is 1. The van der Waals surface area contributed by atoms with Gasteiger partial charge in [-0.3, -0.25) is 14.2 Å². The summed E-state index contributed by atoms with van der Waals surface area (Å²) in [4.78, 5) is 38.4. The van der Waals surface area contributed by atoms with Gasteiger partial charge < -0.3 is 19.9 Å². The van der Waals surface area contributed by atoms with Gasteiger partial charge in [0.05, 0.1) is 36.6 Å². The Balaban J connectivity index is 1.72. The fourth-order valence-corrected chi connectivity index (χ4v) is 5.34. The van der Waals surface area contributed by atoms with E-state index in [2.05, 4.69) is 11.4 Å². The summed E-state index contributed by atoms with van der Waals surface area (Å²) in [6.07, 6.45) is 5.55. The predicted molar refractivity (Wildman–Crippen MR) is 151 cm³/mol. The Kier molecular flexibility index (Phi) is 9.25. The van der Waals surface area contributed by atoms with Gasteiger partial charge in [-0.1, -0.05) is 11.6 Å². The van der Waals surface area contributed by atoms with Gasteiger partial charge in [-0.2, -0.15) is 5.26 Å². The highest BCUT2D eigenvalue weighted by Crippen LogP contribution is 2.36. The summed E-state index contributed by atoms with van der Waals surface area (Å²) in [6, 6.07) is 13.2. The largest absolute Gasteiger partial charge is 0.495 e. The van der Waals surface area contributed by atoms with E-state index in [1.54, 1.807) is 25.3 Å². The van der Waals surface area contributed by atoms with Crippen LogP contribution in [0.15, 0.2) is 59.5 Å². The Bertz CT molecular complexity index is 1490. The van der Waals surface area contributed by atoms with Crippen molar-refractivity contribution in [2.45, 2.75) is 44.2 Å². The first-order valence-corrected chi connectivity index (χ1v) is 13.3. The first-order chi connectivity index (χ1) is 19.2. The van der Waals surface area contributed by atoms with Crippen LogP contribution < -0.4 is 15.6 Å². The van der Waals surface area contributed by atoms with Crippen LogP contribution in [0.25, 0.3) is 11.1 Å². The van der Waals surface area contributed by atoms with Crippen molar-refractivity contribution in [1.82, 2.24) is 4.57 Å². The molecule has 40 heavy (non-hydrogen) atoms. The summed E-state index contributed by atoms with van der Waals surface area (Å²) in [7, 11) is 3.15. The van der Waals surface area contributed by atoms with Crippen LogP contribution >= 0.6 is 11.6 Å². The van der Waals surface area contributed by atoms with Gasteiger partial charge in [0.15, 0.2) is 0 Å². The smallest absolute Gasteiger partial charge is 0.335 e. The molecule has 0 saturated heterocycles. The molecule has 9 nitrogen and oxygen atoms in total. The number of hydrogen-bond donors (Lipinski definition) is 2. The number of rotatable bonds is 9. The molecule has 1 atom stereocenters. The highest BCUT2D eigenvalue weighted by Gasteiger charge is 2.30. The number of anilines is 1. The Morgan fingerprint density at radius 2 is 1.80 bits per heavy atom. The number of nitriles is 1. The molecule has 1 aromatic heterocycles. The van der Waals surface area contributed by atoms with Crippen molar-refractivity contribution in [1.29, 1.82) is 5.26 Å². The average molecular weight is 564 g/mol. The normalized spacial score (nSPS) is 17.4. The Morgan fingerprint density at radius 1 is 1.10 bits per heavy atom. The van der Waals surface area contributed by atoms with Crippen LogP contribution in [-0.2, 0) is 9.53 Å². The molecule has 0 bridgehead atoms. The number of methoxy groups -OCH3 is 2. The Hall–Kier alpha value is -4.13. The number of halogens is 1. The lowest BCUT2D eigenvalue weighted by Crippen LogP contribution is -2.35. The van der Waals surface area contributed by atoms with E-state index in [0.717, 1.165) is 25.7 Å². The van der Waals surface area contributed by atoms with E-state index in [9.17, 15) is 24.8 Å². The minimum atomic E-state index is -1.07. The summed E-state index contributed by atoms with van der Waals surface area (Å²) in [6.45, 7) is 0. The highest BCUT2D eigenvalue weighted by atomic mass is 35.5. The number of aromatic carboxylic acids is 1. The molecule has 1 fully saturated rings. The van der Waals surface area contributed by atoms with E-state index in [1.807, 2.05) is 0 Å². The maximum atomic E-state index is 13.7. The number of hydrogen-bond acceptors (Lipinski definition) is 6. The van der Waals surface area contributed by atoms with E-state index in [4.69, 9.17) is 21.1 Å². The number of carbonyl (C=O) groups excluding carboxylic acids is 1. The fraction of sp³-hybridized carbons (Fsp3) is 0.333. The summed E-state index contributed by atoms with van der Waals surface area (Å²) >= 11 is 6.19. The molecule has 2 N–H and O–H groups in total. The molecule has 10 heteroatoms. The lowest BCUT2D eigenvalue weighted by molar-refractivity contribution is -0.120. The lowest BCUT2D eigenvalue weighted by atomic mass is 9.83. The number of nitrogens with zero attached hydrogens (tertiary/aromatic N) is 2. The lowest BCUT2D eigenvalue weighted by Gasteiger charge is -2.30. The predicted octanol–water partition coefficient (Wildman–Crippen LogP) is 5.52. The van der Waals surface area contributed by atoms with E-state index < -0.39 is 23.5 Å². The van der Waals surface area contributed by atoms with Crippen molar-refractivity contribution in [3.63, 3.8) is 0 Å². The molecule has 4 rings (SSSR count). The van der Waals surface area contributed by atoms with E-state index in [0.29, 0.717) is 39.6 Å². The number of amides is 1. The first-order valence-electron chi connectivity index (χ1n) is 12.9. The van der Waals surface area contributed by atoms with Crippen molar-refractivity contribution in [2.24, 2.45) is 5.92 Å². The van der Waals surface area contributed by atoms with Crippen LogP contribution in [0.4, 0.5) is 5.69 Å². The van der Waals surface area contributed by atoms with Crippen molar-refractivity contribution < 1.29 is 24.2 Å². The molecule has 3 aromatic rings. The molecule has 2 aromatic carbocycles. The van der Waals surface area contributed by atoms with Crippen LogP contribution in [0, 0.1) is 17.2 Å². The monoisotopic (exact) mass is 563 g/mol. The number of carbonyl (C=O) groups is 2. The third-order valence-electron chi connectivity index (χ3n) is 7.38. The molecule has 0 unspecified atom stereocenters. The molecule has 1 saturated carbocycles. The highest BCUT2D eigenvalue weighted by molar-refractivity contribution is 6.31. The number of aromatic nitrogens is 1. The van der Waals surface area contributed by atoms with Crippen LogP contribution in [0.2, 0.25) is 5.02 Å². The first kappa shape index (κ1) is 28.9. The van der Waals surface area contributed by atoms with Gasteiger partial charge in [0, 0.05) is 35.0 Å². The van der Waals surface area contributed by atoms with Crippen LogP contribution in [0.3, 0.4) is 0 Å². The summed E-state index contributed by atoms with van der Waals surface area (Å²) in [5.41, 5.74) is 1.25. The second kappa shape index (κ2) is 12.8. The third-order valence-corrected chi connectivity index (χ3v) is 7.61. The second-order valence-electron chi connectivity index (χ2n) is 9.80.